The van der Waals surface area contributed by atoms with E-state index < -0.39 is 0 Å². The smallest absolute Gasteiger partial charge is 0.293 e. The fourth-order valence-corrected chi connectivity index (χ4v) is 1.65. The SMILES string of the molecule is O=COCCc1cc2cccccc-2c1. The number of carbonyl (C=O) groups excluding carboxylic acids is 1. The van der Waals surface area contributed by atoms with Gasteiger partial charge >= 0.3 is 0 Å². The first kappa shape index (κ1) is 9.71. The summed E-state index contributed by atoms with van der Waals surface area (Å²) in [5.41, 5.74) is 3.65. The normalized spacial score (nSPS) is 10.1. The van der Waals surface area contributed by atoms with Crippen molar-refractivity contribution in [1.82, 2.24) is 0 Å². The van der Waals surface area contributed by atoms with Crippen LogP contribution < -0.4 is 0 Å². The summed E-state index contributed by atoms with van der Waals surface area (Å²) in [6.07, 6.45) is 0.775. The van der Waals surface area contributed by atoms with Gasteiger partial charge in [0.1, 0.15) is 0 Å². The molecule has 0 fully saturated rings. The molecule has 0 unspecified atom stereocenters. The topological polar surface area (TPSA) is 26.3 Å². The quantitative estimate of drug-likeness (QED) is 0.560. The van der Waals surface area contributed by atoms with E-state index in [9.17, 15) is 4.79 Å². The van der Waals surface area contributed by atoms with Crippen LogP contribution in [0.5, 0.6) is 0 Å². The van der Waals surface area contributed by atoms with Gasteiger partial charge in [0.2, 0.25) is 0 Å². The molecule has 0 aromatic heterocycles. The molecule has 0 aromatic rings. The summed E-state index contributed by atoms with van der Waals surface area (Å²) in [5, 5.41) is 0. The predicted molar refractivity (Wildman–Crippen MR) is 58.8 cm³/mol. The van der Waals surface area contributed by atoms with E-state index in [0.29, 0.717) is 13.1 Å². The molecule has 0 bridgehead atoms. The van der Waals surface area contributed by atoms with Gasteiger partial charge in [-0.25, -0.2) is 0 Å². The second-order valence-electron chi connectivity index (χ2n) is 3.40. The highest BCUT2D eigenvalue weighted by atomic mass is 16.5. The van der Waals surface area contributed by atoms with Gasteiger partial charge in [-0.3, -0.25) is 4.79 Å². The van der Waals surface area contributed by atoms with Crippen LogP contribution in [0.4, 0.5) is 0 Å². The zero-order valence-corrected chi connectivity index (χ0v) is 8.35. The molecule has 0 N–H and O–H groups in total. The van der Waals surface area contributed by atoms with Crippen LogP contribution in [0.1, 0.15) is 5.56 Å². The van der Waals surface area contributed by atoms with Crippen LogP contribution in [0.2, 0.25) is 0 Å². The van der Waals surface area contributed by atoms with Gasteiger partial charge in [0, 0.05) is 6.42 Å². The lowest BCUT2D eigenvalue weighted by molar-refractivity contribution is -0.128. The van der Waals surface area contributed by atoms with Crippen LogP contribution in [-0.4, -0.2) is 13.1 Å². The Morgan fingerprint density at radius 3 is 2.33 bits per heavy atom. The van der Waals surface area contributed by atoms with E-state index >= 15 is 0 Å². The Morgan fingerprint density at radius 1 is 1.07 bits per heavy atom. The Hall–Kier alpha value is -1.83. The molecular weight excluding hydrogens is 188 g/mol. The van der Waals surface area contributed by atoms with Crippen molar-refractivity contribution in [3.8, 4) is 11.1 Å². The van der Waals surface area contributed by atoms with Crippen molar-refractivity contribution in [2.45, 2.75) is 6.42 Å². The van der Waals surface area contributed by atoms with Crippen LogP contribution in [0, 0.1) is 0 Å². The second-order valence-corrected chi connectivity index (χ2v) is 3.40. The first-order chi connectivity index (χ1) is 7.40. The molecule has 0 saturated heterocycles. The number of ether oxygens (including phenoxy) is 1. The summed E-state index contributed by atoms with van der Waals surface area (Å²) in [5.74, 6) is 0. The fourth-order valence-electron chi connectivity index (χ4n) is 1.65. The van der Waals surface area contributed by atoms with Gasteiger partial charge in [0.25, 0.3) is 6.47 Å². The molecule has 0 radical (unpaired) electrons. The standard InChI is InChI=1S/C13H12O2/c14-10-15-7-6-11-8-12-4-2-1-3-5-13(12)9-11/h1-5,8-10H,6-7H2. The number of rotatable bonds is 4. The fraction of sp³-hybridized carbons (Fsp3) is 0.154. The molecule has 2 heteroatoms. The summed E-state index contributed by atoms with van der Waals surface area (Å²) >= 11 is 0. The molecule has 0 aromatic carbocycles. The summed E-state index contributed by atoms with van der Waals surface area (Å²) < 4.78 is 4.67. The molecule has 0 aliphatic heterocycles. The highest BCUT2D eigenvalue weighted by Gasteiger charge is 2.03. The Kier molecular flexibility index (Phi) is 2.98. The largest absolute Gasteiger partial charge is 0.468 e. The minimum absolute atomic E-state index is 0.450. The maximum absolute atomic E-state index is 9.99. The molecule has 0 heterocycles. The molecule has 0 saturated carbocycles. The van der Waals surface area contributed by atoms with Crippen molar-refractivity contribution in [1.29, 1.82) is 0 Å². The third-order valence-corrected chi connectivity index (χ3v) is 2.37. The molecule has 2 aliphatic carbocycles. The zero-order chi connectivity index (χ0) is 10.5. The van der Waals surface area contributed by atoms with Crippen molar-refractivity contribution in [3.05, 3.63) is 48.0 Å². The Labute approximate surface area is 88.8 Å². The summed E-state index contributed by atoms with van der Waals surface area (Å²) in [4.78, 5) is 9.99. The number of hydrogen-bond acceptors (Lipinski definition) is 2. The maximum Gasteiger partial charge on any atom is 0.293 e. The first-order valence-electron chi connectivity index (χ1n) is 4.93. The highest BCUT2D eigenvalue weighted by molar-refractivity contribution is 5.67. The van der Waals surface area contributed by atoms with Crippen molar-refractivity contribution in [3.63, 3.8) is 0 Å². The van der Waals surface area contributed by atoms with E-state index in [0.717, 1.165) is 6.42 Å². The average Bonchev–Trinajstić information content (AvgIpc) is 2.49. The molecule has 0 spiro atoms. The highest BCUT2D eigenvalue weighted by Crippen LogP contribution is 2.24. The molecule has 2 rings (SSSR count). The van der Waals surface area contributed by atoms with E-state index in [2.05, 4.69) is 29.0 Å². The van der Waals surface area contributed by atoms with Crippen LogP contribution in [0.25, 0.3) is 11.1 Å². The maximum atomic E-state index is 9.99. The van der Waals surface area contributed by atoms with E-state index in [-0.39, 0.29) is 0 Å². The number of carbonyl (C=O) groups is 1. The predicted octanol–water partition coefficient (Wildman–Crippen LogP) is 2.51. The third kappa shape index (κ3) is 2.34. The summed E-state index contributed by atoms with van der Waals surface area (Å²) in [6.45, 7) is 0.939. The van der Waals surface area contributed by atoms with Gasteiger partial charge < -0.3 is 4.74 Å². The van der Waals surface area contributed by atoms with E-state index in [1.54, 1.807) is 0 Å². The Bertz CT molecular complexity index is 392. The second kappa shape index (κ2) is 4.60. The van der Waals surface area contributed by atoms with E-state index in [1.165, 1.54) is 16.7 Å². The van der Waals surface area contributed by atoms with Gasteiger partial charge in [-0.2, -0.15) is 0 Å². The van der Waals surface area contributed by atoms with Crippen LogP contribution in [0.15, 0.2) is 42.5 Å². The monoisotopic (exact) mass is 200 g/mol. The van der Waals surface area contributed by atoms with Gasteiger partial charge in [-0.15, -0.1) is 0 Å². The Balaban J connectivity index is 2.17. The molecule has 2 nitrogen and oxygen atoms in total. The first-order valence-corrected chi connectivity index (χ1v) is 4.93. The minimum atomic E-state index is 0.450. The summed E-state index contributed by atoms with van der Waals surface area (Å²) in [6, 6.07) is 14.5. The van der Waals surface area contributed by atoms with Crippen molar-refractivity contribution in [2.75, 3.05) is 6.61 Å². The molecule has 2 aliphatic rings. The third-order valence-electron chi connectivity index (χ3n) is 2.37. The average molecular weight is 200 g/mol. The van der Waals surface area contributed by atoms with Crippen molar-refractivity contribution < 1.29 is 9.53 Å². The Morgan fingerprint density at radius 2 is 1.73 bits per heavy atom. The van der Waals surface area contributed by atoms with Crippen LogP contribution >= 0.6 is 0 Å². The van der Waals surface area contributed by atoms with Gasteiger partial charge in [-0.05, 0) is 16.7 Å². The van der Waals surface area contributed by atoms with E-state index in [4.69, 9.17) is 0 Å². The van der Waals surface area contributed by atoms with Crippen molar-refractivity contribution in [2.24, 2.45) is 0 Å². The lowest BCUT2D eigenvalue weighted by atomic mass is 10.2. The van der Waals surface area contributed by atoms with Gasteiger partial charge in [0.15, 0.2) is 0 Å². The molecular formula is C13H12O2. The number of fused-ring (bicyclic) bond motifs is 1. The summed E-state index contributed by atoms with van der Waals surface area (Å²) in [7, 11) is 0. The van der Waals surface area contributed by atoms with Gasteiger partial charge in [-0.1, -0.05) is 42.5 Å². The molecule has 15 heavy (non-hydrogen) atoms. The zero-order valence-electron chi connectivity index (χ0n) is 8.35. The molecule has 0 atom stereocenters. The van der Waals surface area contributed by atoms with Crippen LogP contribution in [-0.2, 0) is 16.0 Å². The number of hydrogen-bond donors (Lipinski definition) is 0. The molecule has 0 amide bonds. The van der Waals surface area contributed by atoms with E-state index in [1.807, 2.05) is 18.2 Å². The molecule has 76 valence electrons. The van der Waals surface area contributed by atoms with Crippen LogP contribution in [0.3, 0.4) is 0 Å². The van der Waals surface area contributed by atoms with Crippen molar-refractivity contribution >= 4 is 6.47 Å². The lowest BCUT2D eigenvalue weighted by Gasteiger charge is -1.94. The lowest BCUT2D eigenvalue weighted by Crippen LogP contribution is -1.94. The minimum Gasteiger partial charge on any atom is -0.468 e. The van der Waals surface area contributed by atoms with Gasteiger partial charge in [0.05, 0.1) is 6.61 Å².